The van der Waals surface area contributed by atoms with Gasteiger partial charge in [0.1, 0.15) is 5.82 Å². The first-order valence-corrected chi connectivity index (χ1v) is 6.56. The highest BCUT2D eigenvalue weighted by Crippen LogP contribution is 2.12. The summed E-state index contributed by atoms with van der Waals surface area (Å²) in [6.07, 6.45) is 0.261. The fourth-order valence-electron chi connectivity index (χ4n) is 2.14. The number of β-amino-alcohol motifs (C(OH)–C–C–N with tert-alkyl or cyclic N) is 1. The molecule has 1 aromatic carbocycles. The number of hydrogen-bond acceptors (Lipinski definition) is 3. The fourth-order valence-corrected chi connectivity index (χ4v) is 2.14. The van der Waals surface area contributed by atoms with Crippen molar-refractivity contribution in [3.63, 3.8) is 0 Å². The Morgan fingerprint density at radius 3 is 2.85 bits per heavy atom. The van der Waals surface area contributed by atoms with E-state index < -0.39 is 11.9 Å². The molecular formula is C14H17FN2O3. The molecule has 1 heterocycles. The van der Waals surface area contributed by atoms with Crippen LogP contribution >= 0.6 is 0 Å². The van der Waals surface area contributed by atoms with Gasteiger partial charge in [0.2, 0.25) is 11.8 Å². The van der Waals surface area contributed by atoms with Gasteiger partial charge >= 0.3 is 0 Å². The lowest BCUT2D eigenvalue weighted by Crippen LogP contribution is -2.30. The first-order valence-electron chi connectivity index (χ1n) is 6.56. The fraction of sp³-hybridized carbons (Fsp3) is 0.429. The third-order valence-corrected chi connectivity index (χ3v) is 3.19. The van der Waals surface area contributed by atoms with Gasteiger partial charge in [0.25, 0.3) is 0 Å². The van der Waals surface area contributed by atoms with Crippen LogP contribution in [0.15, 0.2) is 24.3 Å². The molecule has 6 heteroatoms. The molecule has 2 N–H and O–H groups in total. The zero-order valence-electron chi connectivity index (χ0n) is 11.0. The van der Waals surface area contributed by atoms with Crippen LogP contribution in [0.25, 0.3) is 0 Å². The van der Waals surface area contributed by atoms with Gasteiger partial charge in [-0.1, -0.05) is 6.07 Å². The minimum Gasteiger partial charge on any atom is -0.391 e. The van der Waals surface area contributed by atoms with Crippen molar-refractivity contribution in [2.24, 2.45) is 0 Å². The SMILES string of the molecule is O=C(CCC(=O)N1CCC(O)C1)Nc1cccc(F)c1. The van der Waals surface area contributed by atoms with Crippen LogP contribution in [0.4, 0.5) is 10.1 Å². The van der Waals surface area contributed by atoms with Crippen LogP contribution in [0, 0.1) is 5.82 Å². The average Bonchev–Trinajstić information content (AvgIpc) is 2.83. The standard InChI is InChI=1S/C14H17FN2O3/c15-10-2-1-3-11(8-10)16-13(19)4-5-14(20)17-7-6-12(18)9-17/h1-3,8,12,18H,4-7,9H2,(H,16,19). The normalized spacial score (nSPS) is 18.1. The molecule has 1 saturated heterocycles. The van der Waals surface area contributed by atoms with Gasteiger partial charge in [-0.05, 0) is 24.6 Å². The van der Waals surface area contributed by atoms with Crippen LogP contribution in [0.5, 0.6) is 0 Å². The zero-order chi connectivity index (χ0) is 14.5. The molecule has 1 atom stereocenters. The van der Waals surface area contributed by atoms with E-state index in [1.807, 2.05) is 0 Å². The first kappa shape index (κ1) is 14.5. The number of amides is 2. The van der Waals surface area contributed by atoms with Crippen molar-refractivity contribution in [2.75, 3.05) is 18.4 Å². The number of likely N-dealkylation sites (tertiary alicyclic amines) is 1. The molecule has 0 aliphatic carbocycles. The van der Waals surface area contributed by atoms with E-state index in [1.165, 1.54) is 18.2 Å². The Labute approximate surface area is 116 Å². The molecule has 20 heavy (non-hydrogen) atoms. The van der Waals surface area contributed by atoms with Gasteiger partial charge in [-0.25, -0.2) is 4.39 Å². The Hall–Kier alpha value is -1.95. The van der Waals surface area contributed by atoms with Crippen LogP contribution in [-0.2, 0) is 9.59 Å². The summed E-state index contributed by atoms with van der Waals surface area (Å²) < 4.78 is 12.9. The van der Waals surface area contributed by atoms with Crippen LogP contribution < -0.4 is 5.32 Å². The van der Waals surface area contributed by atoms with E-state index in [4.69, 9.17) is 0 Å². The summed E-state index contributed by atoms with van der Waals surface area (Å²) in [6, 6.07) is 5.59. The molecule has 1 unspecified atom stereocenters. The van der Waals surface area contributed by atoms with E-state index >= 15 is 0 Å². The second kappa shape index (κ2) is 6.47. The largest absolute Gasteiger partial charge is 0.391 e. The lowest BCUT2D eigenvalue weighted by Gasteiger charge is -2.15. The van der Waals surface area contributed by atoms with E-state index in [0.29, 0.717) is 25.2 Å². The van der Waals surface area contributed by atoms with Crippen molar-refractivity contribution in [1.29, 1.82) is 0 Å². The Morgan fingerprint density at radius 1 is 1.40 bits per heavy atom. The monoisotopic (exact) mass is 280 g/mol. The lowest BCUT2D eigenvalue weighted by atomic mass is 10.2. The molecular weight excluding hydrogens is 263 g/mol. The maximum absolute atomic E-state index is 12.9. The third kappa shape index (κ3) is 4.03. The topological polar surface area (TPSA) is 69.6 Å². The summed E-state index contributed by atoms with van der Waals surface area (Å²) in [4.78, 5) is 25.0. The summed E-state index contributed by atoms with van der Waals surface area (Å²) in [5, 5.41) is 11.9. The molecule has 1 aliphatic rings. The van der Waals surface area contributed by atoms with Crippen molar-refractivity contribution in [2.45, 2.75) is 25.4 Å². The Kier molecular flexibility index (Phi) is 4.68. The average molecular weight is 280 g/mol. The molecule has 1 aliphatic heterocycles. The Bertz CT molecular complexity index is 507. The van der Waals surface area contributed by atoms with Gasteiger partial charge in [0, 0.05) is 31.6 Å². The molecule has 0 radical (unpaired) electrons. The van der Waals surface area contributed by atoms with Gasteiger partial charge in [0.15, 0.2) is 0 Å². The van der Waals surface area contributed by atoms with Gasteiger partial charge in [-0.15, -0.1) is 0 Å². The number of hydrogen-bond donors (Lipinski definition) is 2. The summed E-state index contributed by atoms with van der Waals surface area (Å²) in [5.41, 5.74) is 0.374. The smallest absolute Gasteiger partial charge is 0.224 e. The van der Waals surface area contributed by atoms with Crippen molar-refractivity contribution >= 4 is 17.5 Å². The number of rotatable bonds is 4. The third-order valence-electron chi connectivity index (χ3n) is 3.19. The van der Waals surface area contributed by atoms with Gasteiger partial charge in [0.05, 0.1) is 6.10 Å². The molecule has 0 bridgehead atoms. The molecule has 2 rings (SSSR count). The minimum atomic E-state index is -0.458. The highest BCUT2D eigenvalue weighted by molar-refractivity contribution is 5.93. The maximum atomic E-state index is 12.9. The maximum Gasteiger partial charge on any atom is 0.224 e. The molecule has 0 spiro atoms. The molecule has 5 nitrogen and oxygen atoms in total. The number of aliphatic hydroxyl groups excluding tert-OH is 1. The molecule has 108 valence electrons. The van der Waals surface area contributed by atoms with E-state index in [0.717, 1.165) is 0 Å². The van der Waals surface area contributed by atoms with E-state index in [1.54, 1.807) is 11.0 Å². The summed E-state index contributed by atoms with van der Waals surface area (Å²) in [6.45, 7) is 0.871. The number of carbonyl (C=O) groups is 2. The van der Waals surface area contributed by atoms with Crippen LogP contribution in [0.3, 0.4) is 0 Å². The summed E-state index contributed by atoms with van der Waals surface area (Å²) in [5.74, 6) is -0.899. The molecule has 2 amide bonds. The van der Waals surface area contributed by atoms with Crippen LogP contribution in [0.2, 0.25) is 0 Å². The number of benzene rings is 1. The predicted octanol–water partition coefficient (Wildman–Crippen LogP) is 1.14. The number of aliphatic hydroxyl groups is 1. The predicted molar refractivity (Wildman–Crippen MR) is 71.5 cm³/mol. The van der Waals surface area contributed by atoms with Gasteiger partial charge < -0.3 is 15.3 Å². The van der Waals surface area contributed by atoms with Crippen molar-refractivity contribution in [3.8, 4) is 0 Å². The lowest BCUT2D eigenvalue weighted by molar-refractivity contribution is -0.132. The molecule has 0 saturated carbocycles. The minimum absolute atomic E-state index is 0.0436. The number of nitrogens with zero attached hydrogens (tertiary/aromatic N) is 1. The van der Waals surface area contributed by atoms with E-state index in [9.17, 15) is 19.1 Å². The summed E-state index contributed by atoms with van der Waals surface area (Å²) >= 11 is 0. The molecule has 1 aromatic rings. The number of anilines is 1. The highest BCUT2D eigenvalue weighted by Gasteiger charge is 2.24. The second-order valence-corrected chi connectivity index (χ2v) is 4.84. The number of carbonyl (C=O) groups excluding carboxylic acids is 2. The Balaban J connectivity index is 1.76. The van der Waals surface area contributed by atoms with Gasteiger partial charge in [-0.3, -0.25) is 9.59 Å². The summed E-state index contributed by atoms with van der Waals surface area (Å²) in [7, 11) is 0. The van der Waals surface area contributed by atoms with Crippen molar-refractivity contribution < 1.29 is 19.1 Å². The second-order valence-electron chi connectivity index (χ2n) is 4.84. The molecule has 1 fully saturated rings. The van der Waals surface area contributed by atoms with Gasteiger partial charge in [-0.2, -0.15) is 0 Å². The first-order chi connectivity index (χ1) is 9.54. The highest BCUT2D eigenvalue weighted by atomic mass is 19.1. The number of halogens is 1. The zero-order valence-corrected chi connectivity index (χ0v) is 11.0. The van der Waals surface area contributed by atoms with E-state index in [-0.39, 0.29) is 24.7 Å². The number of nitrogens with one attached hydrogen (secondary N) is 1. The quantitative estimate of drug-likeness (QED) is 0.869. The van der Waals surface area contributed by atoms with E-state index in [2.05, 4.69) is 5.32 Å². The Morgan fingerprint density at radius 2 is 2.20 bits per heavy atom. The van der Waals surface area contributed by atoms with Crippen LogP contribution in [-0.4, -0.2) is 41.0 Å². The molecule has 0 aromatic heterocycles. The van der Waals surface area contributed by atoms with Crippen molar-refractivity contribution in [1.82, 2.24) is 4.90 Å². The van der Waals surface area contributed by atoms with Crippen LogP contribution in [0.1, 0.15) is 19.3 Å². The van der Waals surface area contributed by atoms with Crippen molar-refractivity contribution in [3.05, 3.63) is 30.1 Å².